The molecule has 1 aliphatic heterocycles. The molecule has 0 spiro atoms. The third-order valence-corrected chi connectivity index (χ3v) is 7.25. The summed E-state index contributed by atoms with van der Waals surface area (Å²) in [5.74, 6) is 0. The molecule has 0 saturated carbocycles. The van der Waals surface area contributed by atoms with Crippen LogP contribution in [0.2, 0.25) is 0 Å². The van der Waals surface area contributed by atoms with Gasteiger partial charge in [-0.2, -0.15) is 22.5 Å². The molecule has 4 rings (SSSR count). The number of morpholine rings is 1. The van der Waals surface area contributed by atoms with Gasteiger partial charge in [-0.15, -0.1) is 0 Å². The fraction of sp³-hybridized carbons (Fsp3) is 0.550. The number of aryl methyl sites for hydroxylation is 1. The molecule has 0 unspecified atom stereocenters. The minimum Gasteiger partial charge on any atom is -0.379 e. The van der Waals surface area contributed by atoms with Crippen molar-refractivity contribution in [1.29, 1.82) is 0 Å². The maximum atomic E-state index is 12.9. The van der Waals surface area contributed by atoms with Gasteiger partial charge in [0.2, 0.25) is 0 Å². The van der Waals surface area contributed by atoms with E-state index in [0.717, 1.165) is 35.3 Å². The highest BCUT2D eigenvalue weighted by Crippen LogP contribution is 2.42. The van der Waals surface area contributed by atoms with Crippen molar-refractivity contribution >= 4 is 10.2 Å². The summed E-state index contributed by atoms with van der Waals surface area (Å²) in [6.45, 7) is 8.08. The van der Waals surface area contributed by atoms with Crippen LogP contribution in [-0.2, 0) is 21.4 Å². The van der Waals surface area contributed by atoms with Gasteiger partial charge < -0.3 is 4.74 Å². The van der Waals surface area contributed by atoms with Gasteiger partial charge >= 0.3 is 0 Å². The molecule has 1 aromatic carbocycles. The number of nitrogens with one attached hydrogen (secondary N) is 1. The second-order valence-electron chi connectivity index (χ2n) is 8.48. The Morgan fingerprint density at radius 2 is 1.93 bits per heavy atom. The number of nitrogens with zero attached hydrogens (tertiary/aromatic N) is 3. The summed E-state index contributed by atoms with van der Waals surface area (Å²) in [6, 6.07) is 7.85. The molecule has 7 nitrogen and oxygen atoms in total. The molecule has 0 amide bonds. The number of ether oxygens (including phenoxy) is 1. The van der Waals surface area contributed by atoms with E-state index in [4.69, 9.17) is 4.74 Å². The largest absolute Gasteiger partial charge is 0.379 e. The normalized spacial score (nSPS) is 22.8. The zero-order chi connectivity index (χ0) is 19.9. The van der Waals surface area contributed by atoms with Gasteiger partial charge in [-0.25, -0.2) is 4.68 Å². The Hall–Kier alpha value is -1.74. The lowest BCUT2D eigenvalue weighted by molar-refractivity contribution is 0.0721. The van der Waals surface area contributed by atoms with Crippen molar-refractivity contribution in [3.63, 3.8) is 0 Å². The van der Waals surface area contributed by atoms with Crippen LogP contribution < -0.4 is 4.72 Å². The van der Waals surface area contributed by atoms with Crippen LogP contribution in [0.4, 0.5) is 0 Å². The van der Waals surface area contributed by atoms with E-state index in [1.165, 1.54) is 4.31 Å². The van der Waals surface area contributed by atoms with Crippen molar-refractivity contribution in [3.05, 3.63) is 47.3 Å². The van der Waals surface area contributed by atoms with Gasteiger partial charge in [0.25, 0.3) is 10.2 Å². The van der Waals surface area contributed by atoms with Gasteiger partial charge in [-0.3, -0.25) is 0 Å². The summed E-state index contributed by atoms with van der Waals surface area (Å²) in [6.07, 6.45) is 3.42. The van der Waals surface area contributed by atoms with E-state index in [0.29, 0.717) is 26.3 Å². The summed E-state index contributed by atoms with van der Waals surface area (Å²) in [7, 11) is -3.57. The standard InChI is InChI=1S/C20H28N4O3S/c1-15-6-4-5-7-18(15)24-19-13-20(2,3)12-17(16(19)14-21-24)22-28(25,26)23-8-10-27-11-9-23/h4-7,14,17,22H,8-13H2,1-3H3/t17-/m0/s1. The van der Waals surface area contributed by atoms with Crippen LogP contribution in [0.15, 0.2) is 30.5 Å². The van der Waals surface area contributed by atoms with Gasteiger partial charge in [0.1, 0.15) is 0 Å². The number of fused-ring (bicyclic) bond motifs is 1. The van der Waals surface area contributed by atoms with Crippen molar-refractivity contribution in [2.75, 3.05) is 26.3 Å². The van der Waals surface area contributed by atoms with Crippen molar-refractivity contribution in [2.45, 2.75) is 39.7 Å². The number of hydrogen-bond acceptors (Lipinski definition) is 4. The van der Waals surface area contributed by atoms with Crippen molar-refractivity contribution in [1.82, 2.24) is 18.8 Å². The highest BCUT2D eigenvalue weighted by molar-refractivity contribution is 7.87. The van der Waals surface area contributed by atoms with Crippen LogP contribution in [0, 0.1) is 12.3 Å². The van der Waals surface area contributed by atoms with Crippen molar-refractivity contribution in [3.8, 4) is 5.69 Å². The molecule has 1 aromatic heterocycles. The number of benzene rings is 1. The second kappa shape index (κ2) is 7.26. The Morgan fingerprint density at radius 1 is 1.21 bits per heavy atom. The molecule has 152 valence electrons. The summed E-state index contributed by atoms with van der Waals surface area (Å²) in [4.78, 5) is 0. The second-order valence-corrected chi connectivity index (χ2v) is 10.2. The maximum absolute atomic E-state index is 12.9. The minimum atomic E-state index is -3.57. The maximum Gasteiger partial charge on any atom is 0.280 e. The highest BCUT2D eigenvalue weighted by Gasteiger charge is 2.38. The van der Waals surface area contributed by atoms with Crippen LogP contribution in [0.5, 0.6) is 0 Å². The Bertz CT molecular complexity index is 962. The lowest BCUT2D eigenvalue weighted by Crippen LogP contribution is -2.48. The minimum absolute atomic E-state index is 0.0360. The number of rotatable bonds is 4. The van der Waals surface area contributed by atoms with E-state index < -0.39 is 10.2 Å². The quantitative estimate of drug-likeness (QED) is 0.849. The van der Waals surface area contributed by atoms with E-state index in [1.807, 2.05) is 23.0 Å². The fourth-order valence-electron chi connectivity index (χ4n) is 4.20. The third kappa shape index (κ3) is 3.74. The van der Waals surface area contributed by atoms with E-state index in [9.17, 15) is 8.42 Å². The molecule has 1 aliphatic carbocycles. The fourth-order valence-corrected chi connectivity index (χ4v) is 5.55. The summed E-state index contributed by atoms with van der Waals surface area (Å²) >= 11 is 0. The first kappa shape index (κ1) is 19.6. The molecule has 2 aromatic rings. The smallest absolute Gasteiger partial charge is 0.280 e. The molecule has 0 bridgehead atoms. The van der Waals surface area contributed by atoms with Gasteiger partial charge in [0.15, 0.2) is 0 Å². The van der Waals surface area contributed by atoms with Crippen molar-refractivity contribution in [2.24, 2.45) is 5.41 Å². The Labute approximate surface area is 166 Å². The predicted octanol–water partition coefficient (Wildman–Crippen LogP) is 2.36. The molecule has 2 heterocycles. The van der Waals surface area contributed by atoms with E-state index >= 15 is 0 Å². The molecular formula is C20H28N4O3S. The van der Waals surface area contributed by atoms with Crippen LogP contribution in [0.25, 0.3) is 5.69 Å². The average molecular weight is 405 g/mol. The monoisotopic (exact) mass is 404 g/mol. The van der Waals surface area contributed by atoms with Crippen LogP contribution in [0.3, 0.4) is 0 Å². The van der Waals surface area contributed by atoms with Crippen LogP contribution in [-0.4, -0.2) is 48.8 Å². The SMILES string of the molecule is Cc1ccccc1-n1ncc2c1CC(C)(C)C[C@@H]2NS(=O)(=O)N1CCOCC1. The summed E-state index contributed by atoms with van der Waals surface area (Å²) < 4.78 is 37.6. The molecule has 1 fully saturated rings. The Morgan fingerprint density at radius 3 is 2.64 bits per heavy atom. The first-order valence-corrected chi connectivity index (χ1v) is 11.2. The van der Waals surface area contributed by atoms with E-state index in [-0.39, 0.29) is 11.5 Å². The molecule has 1 atom stereocenters. The van der Waals surface area contributed by atoms with E-state index in [1.54, 1.807) is 0 Å². The lowest BCUT2D eigenvalue weighted by Gasteiger charge is -2.37. The van der Waals surface area contributed by atoms with Gasteiger partial charge in [0, 0.05) is 24.3 Å². The van der Waals surface area contributed by atoms with Gasteiger partial charge in [-0.1, -0.05) is 32.0 Å². The van der Waals surface area contributed by atoms with Crippen molar-refractivity contribution < 1.29 is 13.2 Å². The molecule has 1 N–H and O–H groups in total. The van der Waals surface area contributed by atoms with Gasteiger partial charge in [-0.05, 0) is 36.8 Å². The van der Waals surface area contributed by atoms with E-state index in [2.05, 4.69) is 42.7 Å². The topological polar surface area (TPSA) is 76.5 Å². The molecule has 0 radical (unpaired) electrons. The number of hydrogen-bond donors (Lipinski definition) is 1. The molecule has 8 heteroatoms. The first-order chi connectivity index (χ1) is 13.3. The zero-order valence-electron chi connectivity index (χ0n) is 16.7. The highest BCUT2D eigenvalue weighted by atomic mass is 32.2. The molecule has 28 heavy (non-hydrogen) atoms. The Kier molecular flexibility index (Phi) is 5.07. The average Bonchev–Trinajstić information content (AvgIpc) is 3.05. The molecule has 1 saturated heterocycles. The predicted molar refractivity (Wildman–Crippen MR) is 108 cm³/mol. The number of para-hydroxylation sites is 1. The zero-order valence-corrected chi connectivity index (χ0v) is 17.5. The van der Waals surface area contributed by atoms with Crippen LogP contribution >= 0.6 is 0 Å². The molecular weight excluding hydrogens is 376 g/mol. The Balaban J connectivity index is 1.69. The third-order valence-electron chi connectivity index (χ3n) is 5.62. The summed E-state index contributed by atoms with van der Waals surface area (Å²) in [5, 5.41) is 4.64. The number of aromatic nitrogens is 2. The lowest BCUT2D eigenvalue weighted by atomic mass is 9.74. The van der Waals surface area contributed by atoms with Gasteiger partial charge in [0.05, 0.1) is 31.1 Å². The summed E-state index contributed by atoms with van der Waals surface area (Å²) in [5.41, 5.74) is 4.20. The van der Waals surface area contributed by atoms with Crippen LogP contribution in [0.1, 0.15) is 43.1 Å². The molecule has 2 aliphatic rings. The first-order valence-electron chi connectivity index (χ1n) is 9.75.